The molecule has 0 radical (unpaired) electrons. The number of nitrogens with zero attached hydrogens (tertiary/aromatic N) is 3. The lowest BCUT2D eigenvalue weighted by molar-refractivity contribution is 0.488. The number of para-hydroxylation sites is 2. The molecule has 47 heavy (non-hydrogen) atoms. The SMILES string of the molecule is c1ccc(-c2nc(-c3ccccc3)nc(-c3ccc(-c4cccc5c4Oc4ccccc4-c4cccc6cccc-5c46)cc3)n2)cc1. The van der Waals surface area contributed by atoms with Crippen LogP contribution >= 0.6 is 0 Å². The Bertz CT molecular complexity index is 2360. The van der Waals surface area contributed by atoms with E-state index in [1.807, 2.05) is 66.7 Å². The summed E-state index contributed by atoms with van der Waals surface area (Å²) in [5, 5.41) is 2.44. The summed E-state index contributed by atoms with van der Waals surface area (Å²) in [5.41, 5.74) is 9.36. The molecule has 7 aromatic carbocycles. The van der Waals surface area contributed by atoms with Crippen molar-refractivity contribution >= 4 is 10.8 Å². The molecule has 0 fully saturated rings. The Kier molecular flexibility index (Phi) is 6.43. The lowest BCUT2D eigenvalue weighted by Crippen LogP contribution is -2.00. The number of aromatic nitrogens is 3. The molecule has 0 N–H and O–H groups in total. The Hall–Kier alpha value is -6.39. The molecule has 9 rings (SSSR count). The zero-order valence-corrected chi connectivity index (χ0v) is 25.3. The van der Waals surface area contributed by atoms with E-state index in [1.165, 1.54) is 16.3 Å². The van der Waals surface area contributed by atoms with Crippen molar-refractivity contribution < 1.29 is 4.74 Å². The minimum Gasteiger partial charge on any atom is -0.455 e. The van der Waals surface area contributed by atoms with E-state index in [-0.39, 0.29) is 0 Å². The van der Waals surface area contributed by atoms with E-state index >= 15 is 0 Å². The van der Waals surface area contributed by atoms with Crippen LogP contribution in [-0.2, 0) is 0 Å². The van der Waals surface area contributed by atoms with E-state index in [1.54, 1.807) is 0 Å². The van der Waals surface area contributed by atoms with Crippen LogP contribution in [0.5, 0.6) is 11.5 Å². The van der Waals surface area contributed by atoms with E-state index in [0.717, 1.165) is 56.0 Å². The van der Waals surface area contributed by atoms with Crippen molar-refractivity contribution in [2.45, 2.75) is 0 Å². The summed E-state index contributed by atoms with van der Waals surface area (Å²) in [6.45, 7) is 0. The second kappa shape index (κ2) is 11.2. The number of hydrogen-bond donors (Lipinski definition) is 0. The van der Waals surface area contributed by atoms with Crippen LogP contribution in [0.25, 0.3) is 78.3 Å². The fraction of sp³-hybridized carbons (Fsp3) is 0. The fourth-order valence-corrected chi connectivity index (χ4v) is 6.50. The Morgan fingerprint density at radius 1 is 0.319 bits per heavy atom. The van der Waals surface area contributed by atoms with Crippen LogP contribution in [0, 0.1) is 0 Å². The summed E-state index contributed by atoms with van der Waals surface area (Å²) in [4.78, 5) is 14.7. The minimum absolute atomic E-state index is 0.626. The summed E-state index contributed by atoms with van der Waals surface area (Å²) >= 11 is 0. The van der Waals surface area contributed by atoms with Crippen molar-refractivity contribution in [1.29, 1.82) is 0 Å². The van der Waals surface area contributed by atoms with Gasteiger partial charge in [0.25, 0.3) is 0 Å². The molecule has 0 saturated heterocycles. The monoisotopic (exact) mass is 601 g/mol. The predicted molar refractivity (Wildman–Crippen MR) is 190 cm³/mol. The molecule has 2 heterocycles. The van der Waals surface area contributed by atoms with E-state index < -0.39 is 0 Å². The molecule has 4 heteroatoms. The predicted octanol–water partition coefficient (Wildman–Crippen LogP) is 11.1. The first-order valence-corrected chi connectivity index (χ1v) is 15.7. The van der Waals surface area contributed by atoms with Crippen molar-refractivity contribution in [3.05, 3.63) is 164 Å². The van der Waals surface area contributed by atoms with Gasteiger partial charge in [-0.2, -0.15) is 0 Å². The third-order valence-corrected chi connectivity index (χ3v) is 8.75. The first-order chi connectivity index (χ1) is 23.3. The Labute approximate surface area is 272 Å². The van der Waals surface area contributed by atoms with Crippen molar-refractivity contribution in [2.24, 2.45) is 0 Å². The number of hydrogen-bond acceptors (Lipinski definition) is 4. The van der Waals surface area contributed by atoms with Crippen LogP contribution in [0.4, 0.5) is 0 Å². The second-order valence-corrected chi connectivity index (χ2v) is 11.6. The smallest absolute Gasteiger partial charge is 0.164 e. The Morgan fingerprint density at radius 3 is 1.40 bits per heavy atom. The van der Waals surface area contributed by atoms with Gasteiger partial charge in [-0.05, 0) is 33.5 Å². The van der Waals surface area contributed by atoms with Crippen LogP contribution in [0.15, 0.2) is 164 Å². The van der Waals surface area contributed by atoms with Gasteiger partial charge in [0.2, 0.25) is 0 Å². The Balaban J connectivity index is 1.18. The maximum Gasteiger partial charge on any atom is 0.164 e. The van der Waals surface area contributed by atoms with Gasteiger partial charge in [0, 0.05) is 33.4 Å². The number of ether oxygens (including phenoxy) is 1. The van der Waals surface area contributed by atoms with Gasteiger partial charge in [0.15, 0.2) is 17.5 Å². The topological polar surface area (TPSA) is 47.9 Å². The molecule has 4 nitrogen and oxygen atoms in total. The first kappa shape index (κ1) is 27.0. The zero-order chi connectivity index (χ0) is 31.2. The van der Waals surface area contributed by atoms with Crippen LogP contribution in [0.1, 0.15) is 0 Å². The average molecular weight is 602 g/mol. The van der Waals surface area contributed by atoms with Gasteiger partial charge in [-0.1, -0.05) is 158 Å². The number of rotatable bonds is 4. The molecular formula is C43H27N3O. The van der Waals surface area contributed by atoms with Crippen molar-refractivity contribution in [1.82, 2.24) is 15.0 Å². The van der Waals surface area contributed by atoms with Gasteiger partial charge in [-0.3, -0.25) is 0 Å². The molecule has 8 aromatic rings. The van der Waals surface area contributed by atoms with Crippen LogP contribution in [-0.4, -0.2) is 15.0 Å². The lowest BCUT2D eigenvalue weighted by atomic mass is 9.88. The minimum atomic E-state index is 0.626. The van der Waals surface area contributed by atoms with E-state index in [2.05, 4.69) is 97.1 Å². The van der Waals surface area contributed by atoms with E-state index in [4.69, 9.17) is 19.7 Å². The molecule has 0 spiro atoms. The first-order valence-electron chi connectivity index (χ1n) is 15.7. The molecular weight excluding hydrogens is 574 g/mol. The molecule has 0 unspecified atom stereocenters. The lowest BCUT2D eigenvalue weighted by Gasteiger charge is -2.23. The van der Waals surface area contributed by atoms with Gasteiger partial charge in [0.1, 0.15) is 11.5 Å². The normalized spacial score (nSPS) is 11.6. The van der Waals surface area contributed by atoms with E-state index in [9.17, 15) is 0 Å². The third kappa shape index (κ3) is 4.75. The van der Waals surface area contributed by atoms with Gasteiger partial charge in [-0.25, -0.2) is 15.0 Å². The van der Waals surface area contributed by atoms with Gasteiger partial charge in [-0.15, -0.1) is 0 Å². The van der Waals surface area contributed by atoms with Crippen LogP contribution < -0.4 is 4.74 Å². The molecule has 0 aliphatic carbocycles. The van der Waals surface area contributed by atoms with Crippen molar-refractivity contribution in [3.63, 3.8) is 0 Å². The number of fused-ring (bicyclic) bond motifs is 4. The van der Waals surface area contributed by atoms with E-state index in [0.29, 0.717) is 17.5 Å². The largest absolute Gasteiger partial charge is 0.455 e. The summed E-state index contributed by atoms with van der Waals surface area (Å²) < 4.78 is 6.87. The summed E-state index contributed by atoms with van der Waals surface area (Å²) in [6.07, 6.45) is 0. The highest BCUT2D eigenvalue weighted by Gasteiger charge is 2.23. The maximum atomic E-state index is 6.87. The highest BCUT2D eigenvalue weighted by atomic mass is 16.5. The molecule has 0 bridgehead atoms. The third-order valence-electron chi connectivity index (χ3n) is 8.75. The van der Waals surface area contributed by atoms with Gasteiger partial charge < -0.3 is 4.74 Å². The van der Waals surface area contributed by atoms with Gasteiger partial charge in [0.05, 0.1) is 0 Å². The van der Waals surface area contributed by atoms with Crippen LogP contribution in [0.3, 0.4) is 0 Å². The Morgan fingerprint density at radius 2 is 0.766 bits per heavy atom. The highest BCUT2D eigenvalue weighted by molar-refractivity contribution is 6.09. The standard InChI is InChI=1S/C43H27N3O/c1-3-12-30(13-4-1)41-44-42(31-14-5-2-6-15-31)46-43(45-41)32-26-24-28(25-27-32)33-19-11-22-37-36-21-10-17-29-16-9-20-35(39(29)36)34-18-7-8-23-38(34)47-40(33)37/h1-27H. The van der Waals surface area contributed by atoms with Crippen LogP contribution in [0.2, 0.25) is 0 Å². The van der Waals surface area contributed by atoms with Gasteiger partial charge >= 0.3 is 0 Å². The molecule has 1 aromatic heterocycles. The highest BCUT2D eigenvalue weighted by Crippen LogP contribution is 2.49. The van der Waals surface area contributed by atoms with Crippen molar-refractivity contribution in [3.8, 4) is 79.0 Å². The summed E-state index contributed by atoms with van der Waals surface area (Å²) in [5.74, 6) is 3.59. The molecule has 1 aliphatic rings. The fourth-order valence-electron chi connectivity index (χ4n) is 6.50. The zero-order valence-electron chi connectivity index (χ0n) is 25.3. The summed E-state index contributed by atoms with van der Waals surface area (Å²) in [7, 11) is 0. The number of benzene rings is 7. The molecule has 1 aliphatic heterocycles. The maximum absolute atomic E-state index is 6.87. The molecule has 0 amide bonds. The molecule has 220 valence electrons. The molecule has 0 saturated carbocycles. The second-order valence-electron chi connectivity index (χ2n) is 11.6. The summed E-state index contributed by atoms with van der Waals surface area (Å²) in [6, 6.07) is 56.2. The quantitative estimate of drug-likeness (QED) is 0.201. The van der Waals surface area contributed by atoms with Crippen molar-refractivity contribution in [2.75, 3.05) is 0 Å². The average Bonchev–Trinajstić information content (AvgIpc) is 3.15. The molecule has 0 atom stereocenters.